The lowest BCUT2D eigenvalue weighted by Crippen LogP contribution is -2.45. The molecule has 0 saturated heterocycles. The van der Waals surface area contributed by atoms with Gasteiger partial charge in [-0.25, -0.2) is 0 Å². The number of carbonyl (C=O) groups excluding carboxylic acids is 2. The van der Waals surface area contributed by atoms with Gasteiger partial charge < -0.3 is 20.8 Å². The molecule has 0 aromatic heterocycles. The summed E-state index contributed by atoms with van der Waals surface area (Å²) in [5.74, 6) is 4.43. The molecule has 4 N–H and O–H groups in total. The van der Waals surface area contributed by atoms with E-state index in [4.69, 9.17) is 0 Å². The fourth-order valence-electron chi connectivity index (χ4n) is 1.61. The van der Waals surface area contributed by atoms with E-state index in [1.54, 1.807) is 0 Å². The lowest BCUT2D eigenvalue weighted by atomic mass is 10.0. The molecule has 0 unspecified atom stereocenters. The van der Waals surface area contributed by atoms with Crippen LogP contribution in [0.4, 0.5) is 0 Å². The maximum absolute atomic E-state index is 11.7. The zero-order valence-corrected chi connectivity index (χ0v) is 13.8. The molecule has 0 radical (unpaired) electrons. The minimum Gasteiger partial charge on any atom is -0.382 e. The minimum absolute atomic E-state index is 0.0767. The predicted octanol–water partition coefficient (Wildman–Crippen LogP) is -0.169. The first-order chi connectivity index (χ1) is 10.3. The van der Waals surface area contributed by atoms with Crippen LogP contribution in [0.2, 0.25) is 0 Å². The van der Waals surface area contributed by atoms with Crippen molar-refractivity contribution < 1.29 is 19.8 Å². The number of rotatable bonds is 9. The second-order valence-electron chi connectivity index (χ2n) is 5.76. The van der Waals surface area contributed by atoms with Crippen molar-refractivity contribution in [2.75, 3.05) is 13.1 Å². The van der Waals surface area contributed by atoms with Crippen molar-refractivity contribution >= 4 is 11.7 Å². The van der Waals surface area contributed by atoms with Crippen molar-refractivity contribution in [3.05, 3.63) is 0 Å². The second kappa shape index (κ2) is 11.2. The molecular weight excluding hydrogens is 284 g/mol. The SMILES string of the molecule is CC(C)C#CCNC(=O)[C@@H](O)[C@@H](O)C(=O)CCCNC(C)C. The van der Waals surface area contributed by atoms with Crippen LogP contribution < -0.4 is 10.6 Å². The van der Waals surface area contributed by atoms with Gasteiger partial charge in [0.05, 0.1) is 6.54 Å². The molecule has 0 rings (SSSR count). The number of carbonyl (C=O) groups is 2. The summed E-state index contributed by atoms with van der Waals surface area (Å²) in [4.78, 5) is 23.3. The minimum atomic E-state index is -1.76. The molecule has 1 amide bonds. The first kappa shape index (κ1) is 20.6. The molecule has 0 heterocycles. The van der Waals surface area contributed by atoms with Gasteiger partial charge in [0.15, 0.2) is 11.9 Å². The summed E-state index contributed by atoms with van der Waals surface area (Å²) in [6, 6.07) is 0.323. The van der Waals surface area contributed by atoms with Crippen LogP contribution in [0.3, 0.4) is 0 Å². The van der Waals surface area contributed by atoms with Gasteiger partial charge in [-0.15, -0.1) is 0 Å². The molecule has 22 heavy (non-hydrogen) atoms. The molecule has 2 atom stereocenters. The summed E-state index contributed by atoms with van der Waals surface area (Å²) < 4.78 is 0. The molecule has 0 aromatic rings. The quantitative estimate of drug-likeness (QED) is 0.350. The van der Waals surface area contributed by atoms with E-state index < -0.39 is 23.9 Å². The van der Waals surface area contributed by atoms with E-state index in [-0.39, 0.29) is 18.9 Å². The Morgan fingerprint density at radius 3 is 2.27 bits per heavy atom. The molecule has 0 saturated carbocycles. The van der Waals surface area contributed by atoms with Crippen LogP contribution >= 0.6 is 0 Å². The van der Waals surface area contributed by atoms with Crippen LogP contribution in [-0.4, -0.2) is 53.2 Å². The Balaban J connectivity index is 4.12. The summed E-state index contributed by atoms with van der Waals surface area (Å²) in [7, 11) is 0. The number of aliphatic hydroxyl groups excluding tert-OH is 2. The highest BCUT2D eigenvalue weighted by Gasteiger charge is 2.29. The van der Waals surface area contributed by atoms with E-state index in [9.17, 15) is 19.8 Å². The first-order valence-corrected chi connectivity index (χ1v) is 7.64. The highest BCUT2D eigenvalue weighted by molar-refractivity contribution is 5.91. The topological polar surface area (TPSA) is 98.7 Å². The molecule has 6 heteroatoms. The summed E-state index contributed by atoms with van der Waals surface area (Å²) in [5, 5.41) is 24.9. The van der Waals surface area contributed by atoms with Crippen molar-refractivity contribution in [1.82, 2.24) is 10.6 Å². The van der Waals surface area contributed by atoms with Gasteiger partial charge in [0, 0.05) is 18.4 Å². The van der Waals surface area contributed by atoms with E-state index in [2.05, 4.69) is 22.5 Å². The van der Waals surface area contributed by atoms with Gasteiger partial charge in [-0.1, -0.05) is 39.5 Å². The third kappa shape index (κ3) is 9.50. The third-order valence-corrected chi connectivity index (χ3v) is 2.79. The van der Waals surface area contributed by atoms with Gasteiger partial charge >= 0.3 is 0 Å². The van der Waals surface area contributed by atoms with Crippen LogP contribution in [0.1, 0.15) is 40.5 Å². The van der Waals surface area contributed by atoms with E-state index >= 15 is 0 Å². The number of nitrogens with one attached hydrogen (secondary N) is 2. The lowest BCUT2D eigenvalue weighted by Gasteiger charge is -2.16. The Morgan fingerprint density at radius 2 is 1.73 bits per heavy atom. The van der Waals surface area contributed by atoms with Crippen molar-refractivity contribution in [2.24, 2.45) is 5.92 Å². The monoisotopic (exact) mass is 312 g/mol. The van der Waals surface area contributed by atoms with Crippen LogP contribution in [-0.2, 0) is 9.59 Å². The van der Waals surface area contributed by atoms with Crippen LogP contribution in [0.5, 0.6) is 0 Å². The molecule has 0 fully saturated rings. The molecule has 0 spiro atoms. The zero-order valence-electron chi connectivity index (χ0n) is 13.8. The third-order valence-electron chi connectivity index (χ3n) is 2.79. The molecule has 126 valence electrons. The number of hydrogen-bond donors (Lipinski definition) is 4. The van der Waals surface area contributed by atoms with E-state index in [0.717, 1.165) is 0 Å². The van der Waals surface area contributed by atoms with Gasteiger partial charge in [0.1, 0.15) is 6.10 Å². The maximum atomic E-state index is 11.7. The standard InChI is InChI=1S/C16H28N2O4/c1-11(2)7-5-10-18-16(22)15(21)14(20)13(19)8-6-9-17-12(3)4/h11-12,14-15,17,20-21H,6,8-10H2,1-4H3,(H,18,22)/t14-,15-/m0/s1. The van der Waals surface area contributed by atoms with Crippen LogP contribution in [0.15, 0.2) is 0 Å². The van der Waals surface area contributed by atoms with Gasteiger partial charge in [0.25, 0.3) is 5.91 Å². The summed E-state index contributed by atoms with van der Waals surface area (Å²) in [6.07, 6.45) is -2.80. The molecular formula is C16H28N2O4. The smallest absolute Gasteiger partial charge is 0.252 e. The fraction of sp³-hybridized carbons (Fsp3) is 0.750. The second-order valence-corrected chi connectivity index (χ2v) is 5.76. The van der Waals surface area contributed by atoms with Gasteiger partial charge in [-0.2, -0.15) is 0 Å². The van der Waals surface area contributed by atoms with Crippen LogP contribution in [0.25, 0.3) is 0 Å². The van der Waals surface area contributed by atoms with Crippen LogP contribution in [0, 0.1) is 17.8 Å². The Kier molecular flexibility index (Phi) is 10.5. The molecule has 0 aromatic carbocycles. The fourth-order valence-corrected chi connectivity index (χ4v) is 1.61. The summed E-state index contributed by atoms with van der Waals surface area (Å²) in [6.45, 7) is 8.54. The van der Waals surface area contributed by atoms with Gasteiger partial charge in [0.2, 0.25) is 0 Å². The number of hydrogen-bond acceptors (Lipinski definition) is 5. The Hall–Kier alpha value is -1.42. The lowest BCUT2D eigenvalue weighted by molar-refractivity contribution is -0.144. The number of ketones is 1. The molecule has 0 bridgehead atoms. The van der Waals surface area contributed by atoms with E-state index in [1.165, 1.54) is 0 Å². The van der Waals surface area contributed by atoms with E-state index in [0.29, 0.717) is 19.0 Å². The van der Waals surface area contributed by atoms with Gasteiger partial charge in [-0.3, -0.25) is 9.59 Å². The average molecular weight is 312 g/mol. The first-order valence-electron chi connectivity index (χ1n) is 7.64. The normalized spacial score (nSPS) is 13.5. The molecule has 0 aliphatic carbocycles. The predicted molar refractivity (Wildman–Crippen MR) is 85.0 cm³/mol. The summed E-state index contributed by atoms with van der Waals surface area (Å²) >= 11 is 0. The molecule has 6 nitrogen and oxygen atoms in total. The average Bonchev–Trinajstić information content (AvgIpc) is 2.45. The van der Waals surface area contributed by atoms with Crippen molar-refractivity contribution in [1.29, 1.82) is 0 Å². The number of Topliss-reactive ketones (excluding diaryl/α,β-unsaturated/α-hetero) is 1. The highest BCUT2D eigenvalue weighted by atomic mass is 16.3. The number of aliphatic hydroxyl groups is 2. The van der Waals surface area contributed by atoms with Gasteiger partial charge in [-0.05, 0) is 13.0 Å². The largest absolute Gasteiger partial charge is 0.382 e. The summed E-state index contributed by atoms with van der Waals surface area (Å²) in [5.41, 5.74) is 0. The Labute approximate surface area is 132 Å². The highest BCUT2D eigenvalue weighted by Crippen LogP contribution is 2.02. The molecule has 0 aliphatic heterocycles. The molecule has 0 aliphatic rings. The zero-order chi connectivity index (χ0) is 17.1. The number of amides is 1. The Morgan fingerprint density at radius 1 is 1.09 bits per heavy atom. The maximum Gasteiger partial charge on any atom is 0.252 e. The van der Waals surface area contributed by atoms with Crippen molar-refractivity contribution in [2.45, 2.75) is 58.8 Å². The van der Waals surface area contributed by atoms with E-state index in [1.807, 2.05) is 27.7 Å². The van der Waals surface area contributed by atoms with Crippen molar-refractivity contribution in [3.8, 4) is 11.8 Å². The Bertz CT molecular complexity index is 410. The van der Waals surface area contributed by atoms with Crippen molar-refractivity contribution in [3.63, 3.8) is 0 Å².